The van der Waals surface area contributed by atoms with E-state index in [9.17, 15) is 4.79 Å². The molecule has 3 heterocycles. The zero-order valence-electron chi connectivity index (χ0n) is 21.7. The number of carbonyl (C=O) groups is 1. The maximum Gasteiger partial charge on any atom is 0.255 e. The number of carbonyl (C=O) groups excluding carboxylic acids is 1. The monoisotopic (exact) mass is 498 g/mol. The van der Waals surface area contributed by atoms with Crippen molar-refractivity contribution in [2.24, 2.45) is 7.05 Å². The van der Waals surface area contributed by atoms with Crippen LogP contribution in [0, 0.1) is 6.92 Å². The SMILES string of the molecule is COc1cc(OC)c(C2=CCN(C(=O)c3cc(-c4ccccc4)nc4c3c(C)nn4C)CC2)c(OC)c1. The number of hydrogen-bond donors (Lipinski definition) is 0. The lowest BCUT2D eigenvalue weighted by atomic mass is 9.96. The molecule has 8 heteroatoms. The first-order chi connectivity index (χ1) is 17.9. The van der Waals surface area contributed by atoms with E-state index in [-0.39, 0.29) is 5.91 Å². The predicted octanol–water partition coefficient (Wildman–Crippen LogP) is 4.90. The fraction of sp³-hybridized carbons (Fsp3) is 0.276. The van der Waals surface area contributed by atoms with E-state index in [0.717, 1.165) is 33.5 Å². The van der Waals surface area contributed by atoms with Crippen LogP contribution in [-0.4, -0.2) is 60.0 Å². The van der Waals surface area contributed by atoms with Crippen molar-refractivity contribution in [1.29, 1.82) is 0 Å². The number of pyridine rings is 1. The van der Waals surface area contributed by atoms with Crippen LogP contribution in [0.3, 0.4) is 0 Å². The highest BCUT2D eigenvalue weighted by Crippen LogP contribution is 2.41. The van der Waals surface area contributed by atoms with Crippen LogP contribution in [0.1, 0.15) is 28.0 Å². The van der Waals surface area contributed by atoms with Gasteiger partial charge in [-0.05, 0) is 25.0 Å². The number of benzene rings is 2. The number of hydrogen-bond acceptors (Lipinski definition) is 6. The van der Waals surface area contributed by atoms with E-state index in [1.807, 2.05) is 67.4 Å². The average molecular weight is 499 g/mol. The minimum Gasteiger partial charge on any atom is -0.496 e. The highest BCUT2D eigenvalue weighted by atomic mass is 16.5. The molecular formula is C29H30N4O4. The van der Waals surface area contributed by atoms with Crippen molar-refractivity contribution in [3.05, 3.63) is 71.4 Å². The molecular weight excluding hydrogens is 468 g/mol. The molecule has 0 spiro atoms. The molecule has 0 bridgehead atoms. The van der Waals surface area contributed by atoms with Gasteiger partial charge in [-0.15, -0.1) is 0 Å². The maximum absolute atomic E-state index is 13.9. The summed E-state index contributed by atoms with van der Waals surface area (Å²) < 4.78 is 18.4. The summed E-state index contributed by atoms with van der Waals surface area (Å²) in [7, 11) is 6.73. The molecule has 2 aromatic heterocycles. The highest BCUT2D eigenvalue weighted by molar-refractivity contribution is 6.07. The Morgan fingerprint density at radius 3 is 2.27 bits per heavy atom. The van der Waals surface area contributed by atoms with E-state index < -0.39 is 0 Å². The Morgan fingerprint density at radius 1 is 0.973 bits per heavy atom. The van der Waals surface area contributed by atoms with Gasteiger partial charge in [-0.3, -0.25) is 9.48 Å². The number of ether oxygens (including phenoxy) is 3. The number of nitrogens with zero attached hydrogens (tertiary/aromatic N) is 4. The molecule has 1 aliphatic heterocycles. The molecule has 8 nitrogen and oxygen atoms in total. The number of aryl methyl sites for hydroxylation is 2. The second kappa shape index (κ2) is 9.97. The molecule has 2 aromatic carbocycles. The standard InChI is InChI=1S/C29H30N4O4/c1-18-26-22(17-23(19-9-7-6-8-10-19)30-28(26)32(2)31-18)29(34)33-13-11-20(12-14-33)27-24(36-4)15-21(35-3)16-25(27)37-5/h6-11,15-17H,12-14H2,1-5H3. The second-order valence-electron chi connectivity index (χ2n) is 8.97. The van der Waals surface area contributed by atoms with Crippen molar-refractivity contribution < 1.29 is 19.0 Å². The van der Waals surface area contributed by atoms with Crippen molar-refractivity contribution in [3.8, 4) is 28.5 Å². The Labute approximate surface area is 216 Å². The molecule has 0 unspecified atom stereocenters. The van der Waals surface area contributed by atoms with Crippen molar-refractivity contribution >= 4 is 22.5 Å². The Hall–Kier alpha value is -4.33. The van der Waals surface area contributed by atoms with E-state index in [2.05, 4.69) is 11.2 Å². The first-order valence-electron chi connectivity index (χ1n) is 12.1. The molecule has 0 saturated heterocycles. The molecule has 1 amide bonds. The molecule has 5 rings (SSSR count). The molecule has 0 radical (unpaired) electrons. The van der Waals surface area contributed by atoms with Gasteiger partial charge >= 0.3 is 0 Å². The van der Waals surface area contributed by atoms with Gasteiger partial charge in [0, 0.05) is 37.8 Å². The fourth-order valence-corrected chi connectivity index (χ4v) is 4.94. The molecule has 4 aromatic rings. The molecule has 0 saturated carbocycles. The van der Waals surface area contributed by atoms with E-state index >= 15 is 0 Å². The van der Waals surface area contributed by atoms with Gasteiger partial charge in [0.1, 0.15) is 17.2 Å². The largest absolute Gasteiger partial charge is 0.496 e. The van der Waals surface area contributed by atoms with Gasteiger partial charge in [-0.25, -0.2) is 4.98 Å². The number of fused-ring (bicyclic) bond motifs is 1. The molecule has 0 fully saturated rings. The third kappa shape index (κ3) is 4.39. The third-order valence-corrected chi connectivity index (χ3v) is 6.80. The summed E-state index contributed by atoms with van der Waals surface area (Å²) >= 11 is 0. The van der Waals surface area contributed by atoms with E-state index in [1.165, 1.54) is 0 Å². The highest BCUT2D eigenvalue weighted by Gasteiger charge is 2.27. The van der Waals surface area contributed by atoms with Gasteiger partial charge < -0.3 is 19.1 Å². The molecule has 0 atom stereocenters. The minimum absolute atomic E-state index is 0.0374. The van der Waals surface area contributed by atoms with Gasteiger partial charge in [0.15, 0.2) is 5.65 Å². The molecule has 37 heavy (non-hydrogen) atoms. The summed E-state index contributed by atoms with van der Waals surface area (Å²) in [6.07, 6.45) is 2.73. The molecule has 0 N–H and O–H groups in total. The van der Waals surface area contributed by atoms with Crippen molar-refractivity contribution in [3.63, 3.8) is 0 Å². The van der Waals surface area contributed by atoms with Crippen LogP contribution >= 0.6 is 0 Å². The van der Waals surface area contributed by atoms with Gasteiger partial charge in [-0.2, -0.15) is 5.10 Å². The van der Waals surface area contributed by atoms with Crippen LogP contribution in [0.25, 0.3) is 27.9 Å². The average Bonchev–Trinajstić information content (AvgIpc) is 3.24. The summed E-state index contributed by atoms with van der Waals surface area (Å²) in [6.45, 7) is 2.95. The summed E-state index contributed by atoms with van der Waals surface area (Å²) in [5, 5.41) is 5.34. The van der Waals surface area contributed by atoms with Gasteiger partial charge in [0.05, 0.1) is 49.2 Å². The van der Waals surface area contributed by atoms with Crippen LogP contribution in [-0.2, 0) is 7.05 Å². The quantitative estimate of drug-likeness (QED) is 0.376. The van der Waals surface area contributed by atoms with Crippen molar-refractivity contribution in [1.82, 2.24) is 19.7 Å². The van der Waals surface area contributed by atoms with Gasteiger partial charge in [-0.1, -0.05) is 36.4 Å². The zero-order chi connectivity index (χ0) is 26.1. The Kier molecular flexibility index (Phi) is 6.56. The normalized spacial score (nSPS) is 13.4. The first-order valence-corrected chi connectivity index (χ1v) is 12.1. The van der Waals surface area contributed by atoms with Crippen LogP contribution in [0.2, 0.25) is 0 Å². The van der Waals surface area contributed by atoms with Crippen LogP contribution in [0.4, 0.5) is 0 Å². The molecule has 190 valence electrons. The summed E-state index contributed by atoms with van der Waals surface area (Å²) in [5.41, 5.74) is 5.77. The van der Waals surface area contributed by atoms with Crippen LogP contribution < -0.4 is 14.2 Å². The minimum atomic E-state index is -0.0374. The smallest absolute Gasteiger partial charge is 0.255 e. The summed E-state index contributed by atoms with van der Waals surface area (Å²) in [6, 6.07) is 15.5. The van der Waals surface area contributed by atoms with Gasteiger partial charge in [0.2, 0.25) is 0 Å². The first kappa shape index (κ1) is 24.4. The summed E-state index contributed by atoms with van der Waals surface area (Å²) in [5.74, 6) is 1.98. The Bertz CT molecular complexity index is 1480. The number of aromatic nitrogens is 3. The fourth-order valence-electron chi connectivity index (χ4n) is 4.94. The van der Waals surface area contributed by atoms with Crippen LogP contribution in [0.5, 0.6) is 17.2 Å². The number of methoxy groups -OCH3 is 3. The lowest BCUT2D eigenvalue weighted by Gasteiger charge is -2.28. The van der Waals surface area contributed by atoms with Crippen molar-refractivity contribution in [2.75, 3.05) is 34.4 Å². The summed E-state index contributed by atoms with van der Waals surface area (Å²) in [4.78, 5) is 20.6. The predicted molar refractivity (Wildman–Crippen MR) is 143 cm³/mol. The Morgan fingerprint density at radius 2 is 1.68 bits per heavy atom. The maximum atomic E-state index is 13.9. The number of amides is 1. The second-order valence-corrected chi connectivity index (χ2v) is 8.97. The van der Waals surface area contributed by atoms with Crippen LogP contribution in [0.15, 0.2) is 54.6 Å². The molecule has 1 aliphatic rings. The molecule has 0 aliphatic carbocycles. The topological polar surface area (TPSA) is 78.7 Å². The third-order valence-electron chi connectivity index (χ3n) is 6.80. The van der Waals surface area contributed by atoms with Crippen molar-refractivity contribution in [2.45, 2.75) is 13.3 Å². The zero-order valence-corrected chi connectivity index (χ0v) is 21.7. The lowest BCUT2D eigenvalue weighted by molar-refractivity contribution is 0.0774. The van der Waals surface area contributed by atoms with E-state index in [4.69, 9.17) is 19.2 Å². The Balaban J connectivity index is 1.51. The van der Waals surface area contributed by atoms with E-state index in [0.29, 0.717) is 48.0 Å². The van der Waals surface area contributed by atoms with Gasteiger partial charge in [0.25, 0.3) is 5.91 Å². The lowest BCUT2D eigenvalue weighted by Crippen LogP contribution is -2.35. The number of rotatable bonds is 6. The van der Waals surface area contributed by atoms with E-state index in [1.54, 1.807) is 26.0 Å².